The molecule has 0 aliphatic carbocycles. The van der Waals surface area contributed by atoms with E-state index in [0.717, 1.165) is 11.3 Å². The molecular weight excluding hydrogens is 254 g/mol. The van der Waals surface area contributed by atoms with Gasteiger partial charge in [-0.15, -0.1) is 0 Å². The summed E-state index contributed by atoms with van der Waals surface area (Å²) >= 11 is 0. The van der Waals surface area contributed by atoms with Gasteiger partial charge in [0, 0.05) is 6.54 Å². The van der Waals surface area contributed by atoms with E-state index in [1.54, 1.807) is 24.3 Å². The fourth-order valence-corrected chi connectivity index (χ4v) is 1.68. The fourth-order valence-electron chi connectivity index (χ4n) is 1.68. The van der Waals surface area contributed by atoms with Gasteiger partial charge in [0.15, 0.2) is 0 Å². The second-order valence-electron chi connectivity index (χ2n) is 4.35. The van der Waals surface area contributed by atoms with Crippen LogP contribution in [0.3, 0.4) is 0 Å². The number of hydrogen-bond donors (Lipinski definition) is 2. The summed E-state index contributed by atoms with van der Waals surface area (Å²) in [5, 5.41) is 12.0. The van der Waals surface area contributed by atoms with E-state index in [2.05, 4.69) is 5.32 Å². The molecule has 0 bridgehead atoms. The number of nitrogens with one attached hydrogen (secondary N) is 1. The van der Waals surface area contributed by atoms with Gasteiger partial charge in [0.1, 0.15) is 11.5 Å². The molecule has 0 heterocycles. The predicted molar refractivity (Wildman–Crippen MR) is 76.5 cm³/mol. The zero-order chi connectivity index (χ0) is 14.2. The van der Waals surface area contributed by atoms with Crippen molar-refractivity contribution in [3.8, 4) is 11.5 Å². The SMILES string of the molecule is O=C(CCOc1ccccc1)NCc1ccc(O)cc1. The maximum atomic E-state index is 11.6. The summed E-state index contributed by atoms with van der Waals surface area (Å²) in [6.07, 6.45) is 0.312. The Morgan fingerprint density at radius 2 is 1.75 bits per heavy atom. The van der Waals surface area contributed by atoms with Gasteiger partial charge in [-0.05, 0) is 29.8 Å². The van der Waals surface area contributed by atoms with Crippen molar-refractivity contribution in [2.24, 2.45) is 0 Å². The highest BCUT2D eigenvalue weighted by atomic mass is 16.5. The van der Waals surface area contributed by atoms with Gasteiger partial charge < -0.3 is 15.2 Å². The van der Waals surface area contributed by atoms with Crippen LogP contribution in [0, 0.1) is 0 Å². The Morgan fingerprint density at radius 3 is 2.45 bits per heavy atom. The largest absolute Gasteiger partial charge is 0.508 e. The summed E-state index contributed by atoms with van der Waals surface area (Å²) in [4.78, 5) is 11.6. The summed E-state index contributed by atoms with van der Waals surface area (Å²) < 4.78 is 5.45. The summed E-state index contributed by atoms with van der Waals surface area (Å²) in [5.74, 6) is 0.921. The first-order valence-corrected chi connectivity index (χ1v) is 6.46. The van der Waals surface area contributed by atoms with Crippen molar-refractivity contribution in [2.75, 3.05) is 6.61 Å². The molecule has 0 aromatic heterocycles. The molecular formula is C16H17NO3. The molecule has 20 heavy (non-hydrogen) atoms. The van der Waals surface area contributed by atoms with Crippen LogP contribution in [0.1, 0.15) is 12.0 Å². The van der Waals surface area contributed by atoms with Crippen LogP contribution in [0.25, 0.3) is 0 Å². The first-order chi connectivity index (χ1) is 9.74. The minimum Gasteiger partial charge on any atom is -0.508 e. The van der Waals surface area contributed by atoms with Crippen LogP contribution in [0.5, 0.6) is 11.5 Å². The third-order valence-corrected chi connectivity index (χ3v) is 2.77. The molecule has 0 radical (unpaired) electrons. The second-order valence-corrected chi connectivity index (χ2v) is 4.35. The molecule has 0 saturated heterocycles. The van der Waals surface area contributed by atoms with E-state index in [9.17, 15) is 4.79 Å². The Morgan fingerprint density at radius 1 is 1.05 bits per heavy atom. The van der Waals surface area contributed by atoms with Crippen molar-refractivity contribution >= 4 is 5.91 Å². The Labute approximate surface area is 118 Å². The van der Waals surface area contributed by atoms with E-state index in [4.69, 9.17) is 9.84 Å². The average Bonchev–Trinajstić information content (AvgIpc) is 2.48. The second kappa shape index (κ2) is 7.19. The third kappa shape index (κ3) is 4.65. The highest BCUT2D eigenvalue weighted by molar-refractivity contribution is 5.76. The molecule has 2 aromatic carbocycles. The number of rotatable bonds is 6. The van der Waals surface area contributed by atoms with Gasteiger partial charge in [-0.25, -0.2) is 0 Å². The van der Waals surface area contributed by atoms with Crippen molar-refractivity contribution in [1.82, 2.24) is 5.32 Å². The maximum Gasteiger partial charge on any atom is 0.223 e. The number of benzene rings is 2. The van der Waals surface area contributed by atoms with Crippen molar-refractivity contribution < 1.29 is 14.6 Å². The van der Waals surface area contributed by atoms with E-state index in [1.165, 1.54) is 0 Å². The molecule has 2 N–H and O–H groups in total. The lowest BCUT2D eigenvalue weighted by Crippen LogP contribution is -2.24. The summed E-state index contributed by atoms with van der Waals surface area (Å²) in [6.45, 7) is 0.801. The Kier molecular flexibility index (Phi) is 5.00. The third-order valence-electron chi connectivity index (χ3n) is 2.77. The lowest BCUT2D eigenvalue weighted by Gasteiger charge is -2.07. The van der Waals surface area contributed by atoms with Crippen LogP contribution in [0.4, 0.5) is 0 Å². The van der Waals surface area contributed by atoms with Gasteiger partial charge in [0.05, 0.1) is 13.0 Å². The van der Waals surface area contributed by atoms with Crippen LogP contribution < -0.4 is 10.1 Å². The van der Waals surface area contributed by atoms with Gasteiger partial charge in [-0.2, -0.15) is 0 Å². The van der Waals surface area contributed by atoms with Gasteiger partial charge in [0.2, 0.25) is 5.91 Å². The molecule has 0 saturated carbocycles. The Hall–Kier alpha value is -2.49. The van der Waals surface area contributed by atoms with E-state index in [0.29, 0.717) is 19.6 Å². The van der Waals surface area contributed by atoms with E-state index < -0.39 is 0 Å². The first kappa shape index (κ1) is 13.9. The van der Waals surface area contributed by atoms with E-state index in [-0.39, 0.29) is 11.7 Å². The van der Waals surface area contributed by atoms with Gasteiger partial charge in [0.25, 0.3) is 0 Å². The number of hydrogen-bond acceptors (Lipinski definition) is 3. The van der Waals surface area contributed by atoms with Gasteiger partial charge in [-0.3, -0.25) is 4.79 Å². The zero-order valence-electron chi connectivity index (χ0n) is 11.1. The number of amides is 1. The molecule has 0 fully saturated rings. The van der Waals surface area contributed by atoms with Crippen LogP contribution >= 0.6 is 0 Å². The van der Waals surface area contributed by atoms with Crippen molar-refractivity contribution in [3.63, 3.8) is 0 Å². The molecule has 2 aromatic rings. The molecule has 0 atom stereocenters. The number of carbonyl (C=O) groups excluding carboxylic acids is 1. The highest BCUT2D eigenvalue weighted by Gasteiger charge is 2.02. The lowest BCUT2D eigenvalue weighted by atomic mass is 10.2. The van der Waals surface area contributed by atoms with Crippen LogP contribution in [0.15, 0.2) is 54.6 Å². The average molecular weight is 271 g/mol. The maximum absolute atomic E-state index is 11.6. The molecule has 0 unspecified atom stereocenters. The number of aromatic hydroxyl groups is 1. The molecule has 4 nitrogen and oxygen atoms in total. The van der Waals surface area contributed by atoms with Crippen LogP contribution in [-0.2, 0) is 11.3 Å². The van der Waals surface area contributed by atoms with Gasteiger partial charge in [-0.1, -0.05) is 30.3 Å². The smallest absolute Gasteiger partial charge is 0.223 e. The lowest BCUT2D eigenvalue weighted by molar-refractivity contribution is -0.121. The van der Waals surface area contributed by atoms with Crippen molar-refractivity contribution in [3.05, 3.63) is 60.2 Å². The minimum atomic E-state index is -0.0611. The van der Waals surface area contributed by atoms with Crippen LogP contribution in [0.2, 0.25) is 0 Å². The normalized spacial score (nSPS) is 10.0. The minimum absolute atomic E-state index is 0.0611. The quantitative estimate of drug-likeness (QED) is 0.848. The number of phenols is 1. The molecule has 2 rings (SSSR count). The van der Waals surface area contributed by atoms with E-state index in [1.807, 2.05) is 30.3 Å². The standard InChI is InChI=1S/C16H17NO3/c18-14-8-6-13(7-9-14)12-17-16(19)10-11-20-15-4-2-1-3-5-15/h1-9,18H,10-12H2,(H,17,19). The highest BCUT2D eigenvalue weighted by Crippen LogP contribution is 2.10. The number of carbonyl (C=O) groups is 1. The fraction of sp³-hybridized carbons (Fsp3) is 0.188. The Bertz CT molecular complexity index is 537. The van der Waals surface area contributed by atoms with Crippen LogP contribution in [-0.4, -0.2) is 17.6 Å². The monoisotopic (exact) mass is 271 g/mol. The molecule has 104 valence electrons. The summed E-state index contributed by atoms with van der Waals surface area (Å²) in [5.41, 5.74) is 0.945. The topological polar surface area (TPSA) is 58.6 Å². The van der Waals surface area contributed by atoms with E-state index >= 15 is 0 Å². The zero-order valence-corrected chi connectivity index (χ0v) is 11.1. The summed E-state index contributed by atoms with van der Waals surface area (Å²) in [7, 11) is 0. The molecule has 4 heteroatoms. The number of ether oxygens (including phenoxy) is 1. The molecule has 0 aliphatic heterocycles. The predicted octanol–water partition coefficient (Wildman–Crippen LogP) is 2.48. The van der Waals surface area contributed by atoms with Crippen molar-refractivity contribution in [1.29, 1.82) is 0 Å². The molecule has 0 aliphatic rings. The van der Waals surface area contributed by atoms with Crippen molar-refractivity contribution in [2.45, 2.75) is 13.0 Å². The number of para-hydroxylation sites is 1. The molecule has 1 amide bonds. The van der Waals surface area contributed by atoms with Gasteiger partial charge >= 0.3 is 0 Å². The first-order valence-electron chi connectivity index (χ1n) is 6.46. The summed E-state index contributed by atoms with van der Waals surface area (Å²) in [6, 6.07) is 16.1. The Balaban J connectivity index is 1.67. The number of phenolic OH excluding ortho intramolecular Hbond substituents is 1. The molecule has 0 spiro atoms.